The van der Waals surface area contributed by atoms with E-state index in [1.54, 1.807) is 0 Å². The lowest BCUT2D eigenvalue weighted by Crippen LogP contribution is -2.12. The lowest BCUT2D eigenvalue weighted by Gasteiger charge is -2.22. The van der Waals surface area contributed by atoms with Crippen LogP contribution in [0, 0.1) is 14.1 Å². The van der Waals surface area contributed by atoms with E-state index in [0.717, 1.165) is 35.0 Å². The number of nitrogens with zero attached hydrogens (tertiary/aromatic N) is 2. The van der Waals surface area contributed by atoms with E-state index < -0.39 is 0 Å². The number of aromatic nitrogens is 2. The van der Waals surface area contributed by atoms with Crippen LogP contribution in [0.2, 0.25) is 5.02 Å². The van der Waals surface area contributed by atoms with Crippen molar-refractivity contribution < 1.29 is 19.8 Å². The summed E-state index contributed by atoms with van der Waals surface area (Å²) in [6.45, 7) is 23.5. The molecule has 0 saturated heterocycles. The molecule has 6 aromatic rings. The first-order valence-corrected chi connectivity index (χ1v) is 23.2. The number of aryl methyl sites for hydroxylation is 1. The molecule has 4 aromatic carbocycles. The van der Waals surface area contributed by atoms with Crippen LogP contribution in [0.15, 0.2) is 82.8 Å². The number of aliphatic imine (C=N–C) groups is 2. The second-order valence-electron chi connectivity index (χ2n) is 18.7. The van der Waals surface area contributed by atoms with Crippen LogP contribution in [0.4, 0.5) is 0 Å². The van der Waals surface area contributed by atoms with Crippen LogP contribution in [0.1, 0.15) is 152 Å². The van der Waals surface area contributed by atoms with E-state index in [0.29, 0.717) is 67.5 Å². The van der Waals surface area contributed by atoms with Gasteiger partial charge in [0.15, 0.2) is 11.8 Å². The lowest BCUT2D eigenvalue weighted by atomic mass is 9.83. The molecule has 0 saturated carbocycles. The highest BCUT2D eigenvalue weighted by Crippen LogP contribution is 2.42. The minimum Gasteiger partial charge on any atom is -0.494 e. The van der Waals surface area contributed by atoms with Crippen LogP contribution in [-0.4, -0.2) is 43.4 Å². The summed E-state index contributed by atoms with van der Waals surface area (Å²) >= 11 is 11.2. The number of aromatic amines is 2. The predicted octanol–water partition coefficient (Wildman–Crippen LogP) is 13.8. The van der Waals surface area contributed by atoms with Gasteiger partial charge in [0.05, 0.1) is 45.1 Å². The molecule has 11 heteroatoms. The zero-order valence-corrected chi connectivity index (χ0v) is 41.9. The largest absolute Gasteiger partial charge is 0.494 e. The van der Waals surface area contributed by atoms with Gasteiger partial charge in [-0.3, -0.25) is 9.59 Å². The van der Waals surface area contributed by atoms with Crippen LogP contribution < -0.4 is 0 Å². The Labute approximate surface area is 396 Å². The fourth-order valence-corrected chi connectivity index (χ4v) is 11.1. The summed E-state index contributed by atoms with van der Waals surface area (Å²) < 4.78 is 2.26. The number of benzene rings is 4. The fraction of sp³-hybridized carbons (Fsp3) is 0.294. The number of nitrogens with one attached hydrogen (secondary N) is 2. The SMILES string of the molecule is CC(C)c1ccc(C2=NC(=O)c3c(-c4ccc(C(C)C)c(I)c4)[nH]c(O)c32)cc1I.Cc1cc(-c2[nH]c(O)c3c2C(=O)N=C3c2ccc(C(C)(C)C)c(Cl)c2)ccc1C(C)(C)C. The number of rotatable bonds is 6. The summed E-state index contributed by atoms with van der Waals surface area (Å²) in [6.07, 6.45) is 0. The van der Waals surface area contributed by atoms with Gasteiger partial charge < -0.3 is 20.2 Å². The Bertz CT molecular complexity index is 2880. The summed E-state index contributed by atoms with van der Waals surface area (Å²) in [5, 5.41) is 22.1. The van der Waals surface area contributed by atoms with Crippen molar-refractivity contribution in [3.05, 3.63) is 146 Å². The molecule has 0 unspecified atom stereocenters. The summed E-state index contributed by atoms with van der Waals surface area (Å²) in [7, 11) is 0. The molecule has 320 valence electrons. The van der Waals surface area contributed by atoms with Crippen molar-refractivity contribution in [1.82, 2.24) is 9.97 Å². The smallest absolute Gasteiger partial charge is 0.280 e. The quantitative estimate of drug-likeness (QED) is 0.124. The molecule has 2 aromatic heterocycles. The van der Waals surface area contributed by atoms with Crippen LogP contribution in [0.3, 0.4) is 0 Å². The lowest BCUT2D eigenvalue weighted by molar-refractivity contribution is 0.0998. The number of hydrogen-bond acceptors (Lipinski definition) is 4. The van der Waals surface area contributed by atoms with Gasteiger partial charge in [-0.25, -0.2) is 9.98 Å². The van der Waals surface area contributed by atoms with Gasteiger partial charge in [-0.1, -0.05) is 129 Å². The summed E-state index contributed by atoms with van der Waals surface area (Å²) in [4.78, 5) is 40.4. The average Bonchev–Trinajstić information content (AvgIpc) is 3.91. The maximum Gasteiger partial charge on any atom is 0.280 e. The molecule has 0 aliphatic carbocycles. The van der Waals surface area contributed by atoms with Crippen molar-refractivity contribution in [2.45, 2.75) is 98.8 Å². The van der Waals surface area contributed by atoms with E-state index in [1.807, 2.05) is 54.6 Å². The van der Waals surface area contributed by atoms with Crippen molar-refractivity contribution in [3.8, 4) is 34.3 Å². The summed E-state index contributed by atoms with van der Waals surface area (Å²) in [6, 6.07) is 24.0. The molecule has 0 fully saturated rings. The van der Waals surface area contributed by atoms with Gasteiger partial charge in [0.1, 0.15) is 0 Å². The molecule has 0 bridgehead atoms. The van der Waals surface area contributed by atoms with Gasteiger partial charge in [0.2, 0.25) is 0 Å². The topological polar surface area (TPSA) is 131 Å². The maximum absolute atomic E-state index is 12.9. The number of aromatic hydroxyl groups is 2. The molecule has 2 amide bonds. The first-order chi connectivity index (χ1) is 29.0. The number of amides is 2. The van der Waals surface area contributed by atoms with Gasteiger partial charge in [-0.2, -0.15) is 0 Å². The Hall–Kier alpha value is -4.53. The van der Waals surface area contributed by atoms with Gasteiger partial charge in [-0.05, 0) is 138 Å². The molecule has 0 spiro atoms. The number of halogens is 3. The third-order valence-electron chi connectivity index (χ3n) is 11.5. The zero-order chi connectivity index (χ0) is 45.3. The van der Waals surface area contributed by atoms with Crippen LogP contribution in [-0.2, 0) is 10.8 Å². The number of fused-ring (bicyclic) bond motifs is 2. The van der Waals surface area contributed by atoms with E-state index in [1.165, 1.54) is 16.7 Å². The van der Waals surface area contributed by atoms with E-state index in [2.05, 4.69) is 159 Å². The van der Waals surface area contributed by atoms with Crippen molar-refractivity contribution >= 4 is 80.0 Å². The third-order valence-corrected chi connectivity index (χ3v) is 13.7. The van der Waals surface area contributed by atoms with Gasteiger partial charge >= 0.3 is 0 Å². The third kappa shape index (κ3) is 8.46. The first-order valence-electron chi connectivity index (χ1n) is 20.7. The van der Waals surface area contributed by atoms with Crippen LogP contribution in [0.5, 0.6) is 11.8 Å². The molecule has 62 heavy (non-hydrogen) atoms. The number of H-pyrrole nitrogens is 2. The second kappa shape index (κ2) is 16.9. The highest BCUT2D eigenvalue weighted by Gasteiger charge is 2.36. The first kappa shape index (κ1) is 45.5. The Morgan fingerprint density at radius 1 is 0.565 bits per heavy atom. The van der Waals surface area contributed by atoms with E-state index in [-0.39, 0.29) is 34.4 Å². The highest BCUT2D eigenvalue weighted by molar-refractivity contribution is 14.1. The second-order valence-corrected chi connectivity index (χ2v) is 21.5. The number of hydrogen-bond donors (Lipinski definition) is 4. The standard InChI is InChI=1S/C27H29ClN2O2.C24H22I2N2O2/c1-14-12-15(8-10-17(14)26(2,3)4)22-20-21(25(32)29-22)23(30-24(20)31)16-9-11-18(19(28)13-16)27(5,6)7;1-11(2)15-7-5-13(9-17(15)25)21-19-20(24(30)27-21)22(28-23(19)29)14-6-8-16(12(3)4)18(26)10-14/h8-13,29,32H,1-7H3;5-12,27,30H,1-4H3. The van der Waals surface area contributed by atoms with E-state index in [4.69, 9.17) is 11.6 Å². The molecule has 0 radical (unpaired) electrons. The molecule has 4 heterocycles. The fourth-order valence-electron chi connectivity index (χ4n) is 8.36. The monoisotopic (exact) mass is 1070 g/mol. The summed E-state index contributed by atoms with van der Waals surface area (Å²) in [5.74, 6) is 0.0648. The molecule has 0 atom stereocenters. The molecule has 2 aliphatic heterocycles. The summed E-state index contributed by atoms with van der Waals surface area (Å²) in [5.41, 5.74) is 13.0. The van der Waals surface area contributed by atoms with Crippen molar-refractivity contribution in [3.63, 3.8) is 0 Å². The molecule has 2 aliphatic rings. The molecule has 8 rings (SSSR count). The average molecular weight is 1070 g/mol. The molecular weight excluding hydrogens is 1020 g/mol. The van der Waals surface area contributed by atoms with Crippen LogP contribution in [0.25, 0.3) is 22.5 Å². The van der Waals surface area contributed by atoms with Gasteiger partial charge in [0, 0.05) is 23.3 Å². The predicted molar refractivity (Wildman–Crippen MR) is 269 cm³/mol. The Morgan fingerprint density at radius 2 is 0.952 bits per heavy atom. The molecule has 4 N–H and O–H groups in total. The minimum atomic E-state index is -0.366. The van der Waals surface area contributed by atoms with Crippen molar-refractivity contribution in [1.29, 1.82) is 0 Å². The maximum atomic E-state index is 12.9. The number of carbonyl (C=O) groups is 2. The Morgan fingerprint density at radius 3 is 1.37 bits per heavy atom. The van der Waals surface area contributed by atoms with Crippen LogP contribution >= 0.6 is 56.8 Å². The zero-order valence-electron chi connectivity index (χ0n) is 36.8. The van der Waals surface area contributed by atoms with Gasteiger partial charge in [-0.15, -0.1) is 0 Å². The normalized spacial score (nSPS) is 13.7. The van der Waals surface area contributed by atoms with Crippen molar-refractivity contribution in [2.24, 2.45) is 9.98 Å². The van der Waals surface area contributed by atoms with E-state index >= 15 is 0 Å². The Kier molecular flexibility index (Phi) is 12.4. The van der Waals surface area contributed by atoms with Crippen molar-refractivity contribution in [2.75, 3.05) is 0 Å². The minimum absolute atomic E-state index is 0.0181. The molecule has 8 nitrogen and oxygen atoms in total. The number of carbonyl (C=O) groups excluding carboxylic acids is 2. The van der Waals surface area contributed by atoms with Gasteiger partial charge in [0.25, 0.3) is 11.8 Å². The highest BCUT2D eigenvalue weighted by atomic mass is 127. The van der Waals surface area contributed by atoms with E-state index in [9.17, 15) is 19.8 Å². The Balaban J connectivity index is 0.000000187. The molecular formula is C51H51ClI2N4O4.